The summed E-state index contributed by atoms with van der Waals surface area (Å²) >= 11 is 0. The van der Waals surface area contributed by atoms with E-state index in [-0.39, 0.29) is 150 Å². The predicted molar refractivity (Wildman–Crippen MR) is 440 cm³/mol. The molecule has 0 aliphatic carbocycles. The maximum atomic E-state index is 12.6. The van der Waals surface area contributed by atoms with Crippen LogP contribution in [0.25, 0.3) is 11.1 Å². The van der Waals surface area contributed by atoms with Crippen LogP contribution in [0.4, 0.5) is 0 Å². The van der Waals surface area contributed by atoms with Crippen molar-refractivity contribution in [3.63, 3.8) is 0 Å². The van der Waals surface area contributed by atoms with Crippen LogP contribution < -0.4 is 75.8 Å². The molecule has 9 aromatic rings. The minimum atomic E-state index is -1.75. The van der Waals surface area contributed by atoms with Crippen molar-refractivity contribution in [1.29, 1.82) is 0 Å². The van der Waals surface area contributed by atoms with Gasteiger partial charge in [-0.25, -0.2) is 0 Å². The SMILES string of the molecule is COc1cc(C2Oc3c(OC)cc(C(O)C(CO)Oc4ccc(C(O)C(CO)Oc5ccc(C6OCC7C(c8ccc(O)c(OC)c8)OCC67)cc5OC)cc4OC)cc3-c3cc(C(O)C(CO)Oc4ccc(C(O)C(CO)Oc5ccc(C6Oc7c(OC)cc(C(O)C(CO)OC)cc7C6CO)cc5OC)cc4OC)cc(OC)c3OC2CO)ccc1O. The number of ether oxygens (including phenoxy) is 19. The number of hydrogen-bond acceptors (Lipinski definition) is 33. The Hall–Kier alpha value is -11.2. The van der Waals surface area contributed by atoms with E-state index in [2.05, 4.69) is 0 Å². The molecule has 18 unspecified atom stereocenters. The van der Waals surface area contributed by atoms with E-state index in [1.54, 1.807) is 60.7 Å². The van der Waals surface area contributed by atoms with Crippen LogP contribution in [0.15, 0.2) is 146 Å². The van der Waals surface area contributed by atoms with Crippen LogP contribution in [0.5, 0.6) is 103 Å². The number of phenolic OH excluding ortho intramolecular Hbond substituents is 2. The smallest absolute Gasteiger partial charge is 0.170 e. The second-order valence-electron chi connectivity index (χ2n) is 29.9. The molecule has 124 heavy (non-hydrogen) atoms. The number of hydrogen-bond donors (Lipinski definition) is 14. The Balaban J connectivity index is 0.747. The second-order valence-corrected chi connectivity index (χ2v) is 29.9. The average molecular weight is 1730 g/mol. The number of aliphatic hydroxyl groups is 12. The normalized spacial score (nSPS) is 20.6. The third-order valence-electron chi connectivity index (χ3n) is 23.0. The molecule has 33 heteroatoms. The summed E-state index contributed by atoms with van der Waals surface area (Å²) in [5, 5.41) is 157. The van der Waals surface area contributed by atoms with Gasteiger partial charge in [0.1, 0.15) is 42.7 Å². The van der Waals surface area contributed by atoms with Crippen molar-refractivity contribution in [2.24, 2.45) is 11.8 Å². The first kappa shape index (κ1) is 90.5. The van der Waals surface area contributed by atoms with E-state index in [0.29, 0.717) is 52.7 Å². The number of rotatable bonds is 39. The fraction of sp³-hybridized carbons (Fsp3) is 0.407. The summed E-state index contributed by atoms with van der Waals surface area (Å²) in [6.45, 7) is -3.78. The van der Waals surface area contributed by atoms with Gasteiger partial charge in [-0.15, -0.1) is 0 Å². The maximum Gasteiger partial charge on any atom is 0.170 e. The third-order valence-corrected chi connectivity index (χ3v) is 23.0. The molecule has 2 fully saturated rings. The molecule has 0 aromatic heterocycles. The Kier molecular flexibility index (Phi) is 29.3. The van der Waals surface area contributed by atoms with Gasteiger partial charge in [0, 0.05) is 41.2 Å². The van der Waals surface area contributed by atoms with Crippen molar-refractivity contribution in [2.75, 3.05) is 131 Å². The number of benzene rings is 9. The van der Waals surface area contributed by atoms with E-state index in [4.69, 9.17) is 90.0 Å². The Morgan fingerprint density at radius 2 is 0.613 bits per heavy atom. The zero-order valence-corrected chi connectivity index (χ0v) is 69.6. The van der Waals surface area contributed by atoms with E-state index in [1.807, 2.05) is 6.07 Å². The van der Waals surface area contributed by atoms with Crippen molar-refractivity contribution in [2.45, 2.75) is 97.5 Å². The van der Waals surface area contributed by atoms with E-state index in [0.717, 1.165) is 11.1 Å². The standard InChI is InChI=1S/C91H104O33/c1-106-65-28-46(11-17-59(65)99)85-57-42-117-86(58(57)43-116-85)47-15-21-63(69(30-47)110-5)118-75(37-94)80(101)44-13-20-62(68(26-44)109-4)121-78(40-97)84(105)52-24-54-53-23-51(33-71(112-7)89(53)122-79(41-98)88(124-90(54)72(34-52)113-8)49-12-18-60(100)66(29-49)107-2)83(104)77(39-96)120-61-19-14-45(27-67(61)108-3)81(102)76(38-95)119-64-22-16-48(31-70(64)111-6)87-56(35-92)55-25-50(82(103)74(36-93)115-10)32-73(114-9)91(55)123-87/h11-34,56-58,74-88,92-105H,35-43H2,1-10H3. The highest BCUT2D eigenvalue weighted by Crippen LogP contribution is 2.57. The number of fused-ring (bicyclic) bond motifs is 5. The number of aromatic hydroxyl groups is 2. The monoisotopic (exact) mass is 1720 g/mol. The first-order chi connectivity index (χ1) is 60.0. The maximum absolute atomic E-state index is 12.6. The van der Waals surface area contributed by atoms with Gasteiger partial charge in [-0.1, -0.05) is 36.4 Å². The predicted octanol–water partition coefficient (Wildman–Crippen LogP) is 7.93. The lowest BCUT2D eigenvalue weighted by atomic mass is 9.85. The largest absolute Gasteiger partial charge is 0.504 e. The Bertz CT molecular complexity index is 5140. The van der Waals surface area contributed by atoms with Crippen LogP contribution in [-0.2, 0) is 14.2 Å². The summed E-state index contributed by atoms with van der Waals surface area (Å²) in [7, 11) is 13.8. The van der Waals surface area contributed by atoms with Crippen LogP contribution in [0.2, 0.25) is 0 Å². The van der Waals surface area contributed by atoms with Crippen molar-refractivity contribution < 1.29 is 161 Å². The van der Waals surface area contributed by atoms with Crippen molar-refractivity contribution in [1.82, 2.24) is 0 Å². The van der Waals surface area contributed by atoms with Crippen molar-refractivity contribution >= 4 is 0 Å². The van der Waals surface area contributed by atoms with Gasteiger partial charge in [-0.2, -0.15) is 0 Å². The Morgan fingerprint density at radius 1 is 0.298 bits per heavy atom. The summed E-state index contributed by atoms with van der Waals surface area (Å²) in [5.41, 5.74) is 4.06. The van der Waals surface area contributed by atoms with Crippen LogP contribution in [0.1, 0.15) is 116 Å². The lowest BCUT2D eigenvalue weighted by molar-refractivity contribution is -0.0425. The minimum Gasteiger partial charge on any atom is -0.504 e. The topological polar surface area (TPSA) is 459 Å². The van der Waals surface area contributed by atoms with Gasteiger partial charge in [0.15, 0.2) is 140 Å². The summed E-state index contributed by atoms with van der Waals surface area (Å²) in [6.07, 6.45) is -18.4. The highest BCUT2D eigenvalue weighted by molar-refractivity contribution is 5.83. The summed E-state index contributed by atoms with van der Waals surface area (Å²) in [5.74, 6) is 0.759. The van der Waals surface area contributed by atoms with E-state index in [1.165, 1.54) is 150 Å². The quantitative estimate of drug-likeness (QED) is 0.0174. The zero-order chi connectivity index (χ0) is 88.5. The molecular weight excluding hydrogens is 1620 g/mol. The van der Waals surface area contributed by atoms with Crippen LogP contribution in [0.3, 0.4) is 0 Å². The first-order valence-corrected chi connectivity index (χ1v) is 39.8. The molecule has 4 aliphatic heterocycles. The van der Waals surface area contributed by atoms with Gasteiger partial charge in [0.25, 0.3) is 0 Å². The van der Waals surface area contributed by atoms with Gasteiger partial charge >= 0.3 is 0 Å². The molecule has 0 spiro atoms. The fourth-order valence-electron chi connectivity index (χ4n) is 16.3. The molecular formula is C91H104O33. The molecule has 0 radical (unpaired) electrons. The van der Waals surface area contributed by atoms with E-state index >= 15 is 0 Å². The van der Waals surface area contributed by atoms with Crippen LogP contribution >= 0.6 is 0 Å². The van der Waals surface area contributed by atoms with Gasteiger partial charge in [0.05, 0.1) is 142 Å². The lowest BCUT2D eigenvalue weighted by Crippen LogP contribution is -2.34. The van der Waals surface area contributed by atoms with E-state index < -0.39 is 125 Å². The summed E-state index contributed by atoms with van der Waals surface area (Å²) in [4.78, 5) is 0. The number of aliphatic hydroxyl groups excluding tert-OH is 12. The fourth-order valence-corrected chi connectivity index (χ4v) is 16.3. The van der Waals surface area contributed by atoms with Crippen molar-refractivity contribution in [3.8, 4) is 115 Å². The van der Waals surface area contributed by atoms with Gasteiger partial charge < -0.3 is 161 Å². The molecule has 0 bridgehead atoms. The Labute approximate surface area is 714 Å². The second kappa shape index (κ2) is 40.2. The Morgan fingerprint density at radius 3 is 0.992 bits per heavy atom. The highest BCUT2D eigenvalue weighted by atomic mass is 16.6. The summed E-state index contributed by atoms with van der Waals surface area (Å²) < 4.78 is 115. The van der Waals surface area contributed by atoms with Gasteiger partial charge in [0.2, 0.25) is 0 Å². The average Bonchev–Trinajstić information content (AvgIpc) is 0.788. The summed E-state index contributed by atoms with van der Waals surface area (Å²) in [6, 6.07) is 37.3. The molecule has 13 rings (SSSR count). The molecule has 4 heterocycles. The third kappa shape index (κ3) is 18.2. The molecule has 666 valence electrons. The molecule has 0 amide bonds. The van der Waals surface area contributed by atoms with Gasteiger partial charge in [-0.05, 0) is 154 Å². The molecule has 33 nitrogen and oxygen atoms in total. The van der Waals surface area contributed by atoms with Crippen LogP contribution in [-0.4, -0.2) is 239 Å². The zero-order valence-electron chi connectivity index (χ0n) is 69.6. The van der Waals surface area contributed by atoms with Crippen LogP contribution in [0, 0.1) is 11.8 Å². The first-order valence-electron chi connectivity index (χ1n) is 39.8. The molecule has 2 saturated heterocycles. The molecule has 0 saturated carbocycles. The molecule has 14 N–H and O–H groups in total. The lowest BCUT2D eigenvalue weighted by Gasteiger charge is -2.34. The van der Waals surface area contributed by atoms with Gasteiger partial charge in [-0.3, -0.25) is 0 Å². The highest BCUT2D eigenvalue weighted by Gasteiger charge is 2.49. The van der Waals surface area contributed by atoms with Crippen molar-refractivity contribution in [3.05, 3.63) is 201 Å². The molecule has 9 aromatic carbocycles. The molecule has 18 atom stereocenters. The number of phenols is 2. The molecule has 4 aliphatic rings. The van der Waals surface area contributed by atoms with E-state index in [9.17, 15) is 71.5 Å². The minimum absolute atomic E-state index is 0.00251. The number of methoxy groups -OCH3 is 10.